The molecule has 7 fully saturated rings. The molecule has 0 radical (unpaired) electrons. The molecular weight excluding hydrogens is 1020 g/mol. The summed E-state index contributed by atoms with van der Waals surface area (Å²) in [5.74, 6) is -3.95. The molecule has 0 aromatic heterocycles. The van der Waals surface area contributed by atoms with Gasteiger partial charge in [-0.15, -0.1) is 0 Å². The quantitative estimate of drug-likeness (QED) is 0.0498. The molecule has 3 aliphatic heterocycles. The first-order chi connectivity index (χ1) is 35.8. The van der Waals surface area contributed by atoms with Crippen molar-refractivity contribution >= 4 is 17.9 Å². The van der Waals surface area contributed by atoms with Crippen LogP contribution in [0.4, 0.5) is 0 Å². The van der Waals surface area contributed by atoms with Crippen molar-refractivity contribution in [1.82, 2.24) is 0 Å². The number of aliphatic carboxylic acids is 1. The monoisotopic (exact) mass is 1100 g/mol. The summed E-state index contributed by atoms with van der Waals surface area (Å²) in [4.78, 5) is 39.3. The third kappa shape index (κ3) is 9.45. The molecule has 23 heteroatoms. The van der Waals surface area contributed by atoms with Gasteiger partial charge in [-0.1, -0.05) is 66.2 Å². The van der Waals surface area contributed by atoms with E-state index in [0.717, 1.165) is 5.57 Å². The van der Waals surface area contributed by atoms with Crippen LogP contribution in [-0.2, 0) is 52.3 Å². The zero-order valence-corrected chi connectivity index (χ0v) is 45.6. The van der Waals surface area contributed by atoms with Crippen LogP contribution in [0.2, 0.25) is 0 Å². The molecule has 0 aromatic carbocycles. The zero-order valence-electron chi connectivity index (χ0n) is 45.6. The van der Waals surface area contributed by atoms with E-state index in [1.807, 2.05) is 34.6 Å². The van der Waals surface area contributed by atoms with E-state index in [1.54, 1.807) is 19.9 Å². The van der Waals surface area contributed by atoms with Gasteiger partial charge in [0, 0.05) is 23.3 Å². The van der Waals surface area contributed by atoms with Crippen molar-refractivity contribution in [3.05, 3.63) is 23.3 Å². The van der Waals surface area contributed by atoms with Gasteiger partial charge < -0.3 is 99.2 Å². The maximum absolute atomic E-state index is 13.4. The molecule has 3 heterocycles. The van der Waals surface area contributed by atoms with E-state index >= 15 is 0 Å². The summed E-state index contributed by atoms with van der Waals surface area (Å²) in [6, 6.07) is 0. The van der Waals surface area contributed by atoms with Gasteiger partial charge in [-0.2, -0.15) is 0 Å². The number of carboxylic acid groups (broad SMARTS) is 1. The maximum atomic E-state index is 13.4. The van der Waals surface area contributed by atoms with Crippen molar-refractivity contribution in [2.45, 2.75) is 224 Å². The van der Waals surface area contributed by atoms with Crippen LogP contribution in [0.15, 0.2) is 23.3 Å². The largest absolute Gasteiger partial charge is 0.479 e. The zero-order chi connectivity index (χ0) is 57.0. The predicted octanol–water partition coefficient (Wildman–Crippen LogP) is -0.684. The molecule has 0 spiro atoms. The summed E-state index contributed by atoms with van der Waals surface area (Å²) in [5, 5.41) is 134. The third-order valence-electron chi connectivity index (χ3n) is 20.6. The minimum absolute atomic E-state index is 0.141. The molecule has 8 rings (SSSR count). The number of hydrogen-bond donors (Lipinski definition) is 12. The SMILES string of the molecule is C/C=C(/C)C(=O)O[C@H]1[C@H](OC(C)=O)[C@]2(CO)[C@H](O)[C@H](O)[C@]3(C)C(=CC[C@@H]4[C@@]5(C)CC[C@H](O[C@H]6O[C@H](C(=O)O)[C@@H](O)[C@H](O[C@@H]7OC[C@H](O)[C@H](O)[C@H]7O)[C@H]6O[C@@H]6O[C@H](CO)[C@@H](O)[C@H](O)[C@H]6O)C(C)(C)[C@@H]5CC[C@]43C)[C@@H]2CC1(C)C. The first-order valence-electron chi connectivity index (χ1n) is 27.0. The number of esters is 2. The van der Waals surface area contributed by atoms with Crippen LogP contribution in [0.5, 0.6) is 0 Å². The Hall–Kier alpha value is -2.79. The summed E-state index contributed by atoms with van der Waals surface area (Å²) >= 11 is 0. The second-order valence-electron chi connectivity index (χ2n) is 25.3. The van der Waals surface area contributed by atoms with Crippen LogP contribution in [0.3, 0.4) is 0 Å². The van der Waals surface area contributed by atoms with Gasteiger partial charge in [-0.05, 0) is 86.4 Å². The molecule has 5 aliphatic carbocycles. The van der Waals surface area contributed by atoms with Crippen LogP contribution in [0.25, 0.3) is 0 Å². The number of fused-ring (bicyclic) bond motifs is 7. The van der Waals surface area contributed by atoms with Gasteiger partial charge in [-0.3, -0.25) is 4.79 Å². The minimum atomic E-state index is -2.12. The van der Waals surface area contributed by atoms with Gasteiger partial charge in [0.1, 0.15) is 67.1 Å². The van der Waals surface area contributed by atoms with Crippen LogP contribution < -0.4 is 0 Å². The van der Waals surface area contributed by atoms with Gasteiger partial charge in [0.25, 0.3) is 0 Å². The summed E-state index contributed by atoms with van der Waals surface area (Å²) in [7, 11) is 0. The number of aliphatic hydroxyl groups excluding tert-OH is 11. The number of allylic oxidation sites excluding steroid dienone is 2. The van der Waals surface area contributed by atoms with E-state index in [0.29, 0.717) is 44.1 Å². The Balaban J connectivity index is 1.13. The van der Waals surface area contributed by atoms with Gasteiger partial charge in [0.15, 0.2) is 31.1 Å². The minimum Gasteiger partial charge on any atom is -0.479 e. The summed E-state index contributed by atoms with van der Waals surface area (Å²) in [5.41, 5.74) is -4.51. The highest BCUT2D eigenvalue weighted by Crippen LogP contribution is 2.76. The van der Waals surface area contributed by atoms with Crippen molar-refractivity contribution in [1.29, 1.82) is 0 Å². The van der Waals surface area contributed by atoms with Crippen molar-refractivity contribution < 1.29 is 114 Å². The molecule has 26 atom stereocenters. The Morgan fingerprint density at radius 1 is 0.714 bits per heavy atom. The lowest BCUT2D eigenvalue weighted by molar-refractivity contribution is -0.392. The highest BCUT2D eigenvalue weighted by molar-refractivity contribution is 5.87. The topological polar surface area (TPSA) is 368 Å². The molecule has 3 saturated heterocycles. The van der Waals surface area contributed by atoms with Crippen LogP contribution >= 0.6 is 0 Å². The number of rotatable bonds is 12. The number of carbonyl (C=O) groups excluding carboxylic acids is 2. The summed E-state index contributed by atoms with van der Waals surface area (Å²) in [6.07, 6.45) is -25.7. The average molecular weight is 1100 g/mol. The summed E-state index contributed by atoms with van der Waals surface area (Å²) in [6.45, 7) is 16.6. The molecule has 0 unspecified atom stereocenters. The van der Waals surface area contributed by atoms with E-state index in [4.69, 9.17) is 37.9 Å². The van der Waals surface area contributed by atoms with Crippen molar-refractivity contribution in [3.63, 3.8) is 0 Å². The van der Waals surface area contributed by atoms with Gasteiger partial charge in [-0.25, -0.2) is 9.59 Å². The molecule has 4 saturated carbocycles. The molecule has 438 valence electrons. The summed E-state index contributed by atoms with van der Waals surface area (Å²) < 4.78 is 48.5. The third-order valence-corrected chi connectivity index (χ3v) is 20.6. The fourth-order valence-electron chi connectivity index (χ4n) is 16.0. The lowest BCUT2D eigenvalue weighted by Gasteiger charge is -2.73. The van der Waals surface area contributed by atoms with Gasteiger partial charge >= 0.3 is 17.9 Å². The molecular formula is C54H84O23. The van der Waals surface area contributed by atoms with Crippen molar-refractivity contribution in [2.24, 2.45) is 50.2 Å². The maximum Gasteiger partial charge on any atom is 0.335 e. The van der Waals surface area contributed by atoms with Gasteiger partial charge in [0.05, 0.1) is 43.5 Å². The first-order valence-corrected chi connectivity index (χ1v) is 27.0. The number of carboxylic acids is 1. The normalized spacial score (nSPS) is 50.4. The number of carbonyl (C=O) groups is 3. The predicted molar refractivity (Wildman–Crippen MR) is 263 cm³/mol. The Morgan fingerprint density at radius 2 is 1.36 bits per heavy atom. The second kappa shape index (κ2) is 21.5. The van der Waals surface area contributed by atoms with E-state index < -0.39 is 193 Å². The Kier molecular flexibility index (Phi) is 16.8. The van der Waals surface area contributed by atoms with E-state index in [1.165, 1.54) is 6.92 Å². The van der Waals surface area contributed by atoms with E-state index in [2.05, 4.69) is 19.9 Å². The lowest BCUT2D eigenvalue weighted by Crippen LogP contribution is -2.76. The molecule has 0 amide bonds. The smallest absolute Gasteiger partial charge is 0.335 e. The van der Waals surface area contributed by atoms with Crippen molar-refractivity contribution in [2.75, 3.05) is 19.8 Å². The highest BCUT2D eigenvalue weighted by atomic mass is 16.8. The number of hydrogen-bond acceptors (Lipinski definition) is 22. The fourth-order valence-corrected chi connectivity index (χ4v) is 16.0. The molecule has 8 aliphatic rings. The van der Waals surface area contributed by atoms with Crippen molar-refractivity contribution in [3.8, 4) is 0 Å². The Labute approximate surface area is 448 Å². The molecule has 77 heavy (non-hydrogen) atoms. The highest BCUT2D eigenvalue weighted by Gasteiger charge is 2.76. The molecule has 23 nitrogen and oxygen atoms in total. The molecule has 12 N–H and O–H groups in total. The molecule has 0 aromatic rings. The van der Waals surface area contributed by atoms with E-state index in [9.17, 15) is 75.7 Å². The fraction of sp³-hybridized carbons (Fsp3) is 0.870. The second-order valence-corrected chi connectivity index (χ2v) is 25.3. The number of ether oxygens (including phenoxy) is 8. The first kappa shape index (κ1) is 60.3. The molecule has 0 bridgehead atoms. The standard InChI is InChI=1S/C54H84O23/c1-11-22(2)45(69)77-42-43(71-23(3)57)54(21-56)25(18-49(42,4)5)24-12-13-29-51(8)16-15-30(50(6,7)28(51)14-17-52(29,9)53(24,10)40(65)41(54)66)73-48-39(76-47-35(63)33(61)32(60)27(19-55)72-47)37(36(64)38(75-48)44(67)68)74-46-34(62)31(59)26(58)20-70-46/h11-12,25-43,46-48,55-56,58-66H,13-21H2,1-10H3,(H,67,68)/b22-11-/t25-,26-,27+,28-,29+,30-,31-,32+,33-,34+,35+,36-,37-,38-,39+,40-,41+,42-,43-,46-,47-,48-,51-,52+,53-,54-/m0/s1. The van der Waals surface area contributed by atoms with Crippen LogP contribution in [-0.4, -0.2) is 216 Å². The van der Waals surface area contributed by atoms with Gasteiger partial charge in [0.2, 0.25) is 0 Å². The average Bonchev–Trinajstić information content (AvgIpc) is 3.40. The van der Waals surface area contributed by atoms with Crippen LogP contribution in [0, 0.1) is 50.2 Å². The lowest BCUT2D eigenvalue weighted by atomic mass is 9.32. The Bertz CT molecular complexity index is 2250. The van der Waals surface area contributed by atoms with E-state index in [-0.39, 0.29) is 11.8 Å². The Morgan fingerprint density at radius 3 is 1.97 bits per heavy atom. The number of aliphatic hydroxyl groups is 11. The van der Waals surface area contributed by atoms with Crippen LogP contribution in [0.1, 0.15) is 108 Å².